The Morgan fingerprint density at radius 3 is 2.45 bits per heavy atom. The van der Waals surface area contributed by atoms with Gasteiger partial charge < -0.3 is 19.5 Å². The highest BCUT2D eigenvalue weighted by Crippen LogP contribution is 2.34. The van der Waals surface area contributed by atoms with Gasteiger partial charge in [-0.3, -0.25) is 14.9 Å². The highest BCUT2D eigenvalue weighted by Gasteiger charge is 2.20. The van der Waals surface area contributed by atoms with Gasteiger partial charge in [0.05, 0.1) is 29.7 Å². The standard InChI is InChI=1S/C19H20BrFN2O6/c1-11(29-16-5-4-13(21)9-14(16)20)19(24)22-7-6-12-8-17(27-2)18(28-3)10-15(12)23(25)26/h4-5,8-11H,6-7H2,1-3H3,(H,22,24). The minimum atomic E-state index is -0.850. The van der Waals surface area contributed by atoms with Gasteiger partial charge in [0.2, 0.25) is 0 Å². The van der Waals surface area contributed by atoms with E-state index in [9.17, 15) is 19.3 Å². The number of hydrogen-bond acceptors (Lipinski definition) is 6. The average Bonchev–Trinajstić information content (AvgIpc) is 2.69. The summed E-state index contributed by atoms with van der Waals surface area (Å²) < 4.78 is 29.3. The van der Waals surface area contributed by atoms with E-state index in [-0.39, 0.29) is 24.4 Å². The number of rotatable bonds is 9. The maximum atomic E-state index is 13.1. The van der Waals surface area contributed by atoms with Crippen LogP contribution in [0.1, 0.15) is 12.5 Å². The lowest BCUT2D eigenvalue weighted by molar-refractivity contribution is -0.385. The highest BCUT2D eigenvalue weighted by molar-refractivity contribution is 9.10. The summed E-state index contributed by atoms with van der Waals surface area (Å²) in [6.07, 6.45) is -0.646. The molecule has 0 aliphatic carbocycles. The van der Waals surface area contributed by atoms with Gasteiger partial charge in [0.15, 0.2) is 17.6 Å². The van der Waals surface area contributed by atoms with E-state index >= 15 is 0 Å². The zero-order valence-corrected chi connectivity index (χ0v) is 17.6. The summed E-state index contributed by atoms with van der Waals surface area (Å²) in [7, 11) is 2.82. The number of halogens is 2. The normalized spacial score (nSPS) is 11.5. The minimum absolute atomic E-state index is 0.128. The molecule has 0 aromatic heterocycles. The number of nitrogens with one attached hydrogen (secondary N) is 1. The quantitative estimate of drug-likeness (QED) is 0.443. The summed E-state index contributed by atoms with van der Waals surface area (Å²) in [5, 5.41) is 14.0. The van der Waals surface area contributed by atoms with Crippen molar-refractivity contribution in [2.75, 3.05) is 20.8 Å². The second kappa shape index (κ2) is 10.1. The first-order chi connectivity index (χ1) is 13.8. The molecule has 1 amide bonds. The van der Waals surface area contributed by atoms with E-state index < -0.39 is 22.8 Å². The maximum Gasteiger partial charge on any atom is 0.276 e. The second-order valence-corrected chi connectivity index (χ2v) is 6.82. The third-order valence-electron chi connectivity index (χ3n) is 4.04. The molecule has 2 rings (SSSR count). The van der Waals surface area contributed by atoms with E-state index in [0.717, 1.165) is 0 Å². The number of benzene rings is 2. The van der Waals surface area contributed by atoms with Gasteiger partial charge in [0.1, 0.15) is 11.6 Å². The molecular formula is C19H20BrFN2O6. The number of methoxy groups -OCH3 is 2. The maximum absolute atomic E-state index is 13.1. The van der Waals surface area contributed by atoms with E-state index in [2.05, 4.69) is 21.2 Å². The molecule has 1 atom stereocenters. The van der Waals surface area contributed by atoms with Crippen LogP contribution >= 0.6 is 15.9 Å². The zero-order chi connectivity index (χ0) is 21.6. The van der Waals surface area contributed by atoms with Crippen LogP contribution in [0.2, 0.25) is 0 Å². The van der Waals surface area contributed by atoms with E-state index in [1.54, 1.807) is 6.92 Å². The van der Waals surface area contributed by atoms with Crippen molar-refractivity contribution < 1.29 is 28.3 Å². The lowest BCUT2D eigenvalue weighted by atomic mass is 10.1. The SMILES string of the molecule is COc1cc(CCNC(=O)C(C)Oc2ccc(F)cc2Br)c([N+](=O)[O-])cc1OC. The molecule has 29 heavy (non-hydrogen) atoms. The summed E-state index contributed by atoms with van der Waals surface area (Å²) in [5.41, 5.74) is 0.263. The second-order valence-electron chi connectivity index (χ2n) is 5.97. The van der Waals surface area contributed by atoms with Gasteiger partial charge in [-0.25, -0.2) is 4.39 Å². The summed E-state index contributed by atoms with van der Waals surface area (Å²) in [4.78, 5) is 23.1. The largest absolute Gasteiger partial charge is 0.493 e. The summed E-state index contributed by atoms with van der Waals surface area (Å²) in [5.74, 6) is 0.0861. The molecule has 0 saturated heterocycles. The molecule has 156 valence electrons. The number of carbonyl (C=O) groups is 1. The molecule has 0 aliphatic rings. The Kier molecular flexibility index (Phi) is 7.77. The number of hydrogen-bond donors (Lipinski definition) is 1. The Morgan fingerprint density at radius 1 is 1.21 bits per heavy atom. The van der Waals surface area contributed by atoms with Gasteiger partial charge in [-0.15, -0.1) is 0 Å². The Morgan fingerprint density at radius 2 is 1.86 bits per heavy atom. The molecule has 8 nitrogen and oxygen atoms in total. The molecule has 0 saturated carbocycles. The molecule has 0 bridgehead atoms. The van der Waals surface area contributed by atoms with Crippen molar-refractivity contribution >= 4 is 27.5 Å². The Hall–Kier alpha value is -2.88. The van der Waals surface area contributed by atoms with Gasteiger partial charge in [-0.05, 0) is 53.5 Å². The van der Waals surface area contributed by atoms with Crippen molar-refractivity contribution in [3.63, 3.8) is 0 Å². The number of nitrogens with zero attached hydrogens (tertiary/aromatic N) is 1. The molecule has 0 spiro atoms. The molecule has 0 heterocycles. The number of nitro benzene ring substituents is 1. The fourth-order valence-electron chi connectivity index (χ4n) is 2.56. The number of nitro groups is 1. The van der Waals surface area contributed by atoms with Crippen LogP contribution in [0.25, 0.3) is 0 Å². The third kappa shape index (κ3) is 5.80. The topological polar surface area (TPSA) is 99.9 Å². The summed E-state index contributed by atoms with van der Waals surface area (Å²) >= 11 is 3.17. The van der Waals surface area contributed by atoms with Crippen LogP contribution in [-0.2, 0) is 11.2 Å². The molecule has 0 fully saturated rings. The van der Waals surface area contributed by atoms with Crippen LogP contribution in [0.5, 0.6) is 17.2 Å². The van der Waals surface area contributed by atoms with Crippen molar-refractivity contribution in [2.45, 2.75) is 19.4 Å². The van der Waals surface area contributed by atoms with E-state index in [4.69, 9.17) is 14.2 Å². The smallest absolute Gasteiger partial charge is 0.276 e. The molecule has 0 radical (unpaired) electrons. The van der Waals surface area contributed by atoms with Gasteiger partial charge >= 0.3 is 0 Å². The van der Waals surface area contributed by atoms with Gasteiger partial charge in [-0.1, -0.05) is 0 Å². The first kappa shape index (κ1) is 22.4. The predicted molar refractivity (Wildman–Crippen MR) is 107 cm³/mol. The molecule has 1 N–H and O–H groups in total. The first-order valence-electron chi connectivity index (χ1n) is 8.55. The third-order valence-corrected chi connectivity index (χ3v) is 4.66. The lowest BCUT2D eigenvalue weighted by Crippen LogP contribution is -2.37. The van der Waals surface area contributed by atoms with Gasteiger partial charge in [0, 0.05) is 12.1 Å². The van der Waals surface area contributed by atoms with Crippen LogP contribution in [0.3, 0.4) is 0 Å². The van der Waals surface area contributed by atoms with Gasteiger partial charge in [-0.2, -0.15) is 0 Å². The fraction of sp³-hybridized carbons (Fsp3) is 0.316. The van der Waals surface area contributed by atoms with Crippen LogP contribution in [0.4, 0.5) is 10.1 Å². The summed E-state index contributed by atoms with van der Waals surface area (Å²) in [6, 6.07) is 6.67. The zero-order valence-electron chi connectivity index (χ0n) is 16.0. The minimum Gasteiger partial charge on any atom is -0.493 e. The molecule has 2 aromatic rings. The first-order valence-corrected chi connectivity index (χ1v) is 9.34. The van der Waals surface area contributed by atoms with E-state index in [1.165, 1.54) is 44.6 Å². The van der Waals surface area contributed by atoms with Crippen LogP contribution in [-0.4, -0.2) is 37.7 Å². The lowest BCUT2D eigenvalue weighted by Gasteiger charge is -2.16. The van der Waals surface area contributed by atoms with Crippen molar-refractivity contribution in [3.8, 4) is 17.2 Å². The van der Waals surface area contributed by atoms with Crippen molar-refractivity contribution in [2.24, 2.45) is 0 Å². The number of carbonyl (C=O) groups excluding carboxylic acids is 1. The van der Waals surface area contributed by atoms with Gasteiger partial charge in [0.25, 0.3) is 11.6 Å². The van der Waals surface area contributed by atoms with E-state index in [0.29, 0.717) is 21.5 Å². The predicted octanol–water partition coefficient (Wildman–Crippen LogP) is 3.64. The van der Waals surface area contributed by atoms with Crippen LogP contribution < -0.4 is 19.5 Å². The highest BCUT2D eigenvalue weighted by atomic mass is 79.9. The van der Waals surface area contributed by atoms with Crippen LogP contribution in [0, 0.1) is 15.9 Å². The molecule has 1 unspecified atom stereocenters. The Labute approximate surface area is 175 Å². The monoisotopic (exact) mass is 470 g/mol. The fourth-order valence-corrected chi connectivity index (χ4v) is 3.00. The van der Waals surface area contributed by atoms with Crippen molar-refractivity contribution in [1.29, 1.82) is 0 Å². The number of amides is 1. The molecule has 10 heteroatoms. The molecular weight excluding hydrogens is 451 g/mol. The Balaban J connectivity index is 2.01. The van der Waals surface area contributed by atoms with Crippen molar-refractivity contribution in [1.82, 2.24) is 5.32 Å². The molecule has 2 aromatic carbocycles. The van der Waals surface area contributed by atoms with Crippen LogP contribution in [0.15, 0.2) is 34.8 Å². The summed E-state index contributed by atoms with van der Waals surface area (Å²) in [6.45, 7) is 1.69. The Bertz CT molecular complexity index is 909. The van der Waals surface area contributed by atoms with Crippen molar-refractivity contribution in [3.05, 3.63) is 56.3 Å². The average molecular weight is 471 g/mol. The molecule has 0 aliphatic heterocycles. The number of ether oxygens (including phenoxy) is 3. The van der Waals surface area contributed by atoms with E-state index in [1.807, 2.05) is 0 Å².